The number of hydrogen-bond donors (Lipinski definition) is 0. The van der Waals surface area contributed by atoms with Crippen LogP contribution in [0.25, 0.3) is 0 Å². The Morgan fingerprint density at radius 2 is 2.05 bits per heavy atom. The summed E-state index contributed by atoms with van der Waals surface area (Å²) in [5.41, 5.74) is 0. The zero-order valence-corrected chi connectivity index (χ0v) is 13.8. The molecule has 0 unspecified atom stereocenters. The lowest BCUT2D eigenvalue weighted by Gasteiger charge is -2.27. The summed E-state index contributed by atoms with van der Waals surface area (Å²) in [4.78, 5) is 23.9. The minimum absolute atomic E-state index is 0.359. The quantitative estimate of drug-likeness (QED) is 0.822. The van der Waals surface area contributed by atoms with Crippen LogP contribution in [0.1, 0.15) is 30.7 Å². The maximum absolute atomic E-state index is 12.4. The number of rotatable bonds is 5. The fourth-order valence-electron chi connectivity index (χ4n) is 4.26. The fraction of sp³-hybridized carbons (Fsp3) is 0.750. The third-order valence-corrected chi connectivity index (χ3v) is 6.17. The van der Waals surface area contributed by atoms with Gasteiger partial charge in [-0.1, -0.05) is 0 Å². The van der Waals surface area contributed by atoms with Gasteiger partial charge in [0.25, 0.3) is 0 Å². The molecule has 0 saturated carbocycles. The minimum atomic E-state index is 0.359. The molecule has 6 heteroatoms. The van der Waals surface area contributed by atoms with Crippen molar-refractivity contribution in [3.63, 3.8) is 0 Å². The number of amides is 1. The van der Waals surface area contributed by atoms with Crippen molar-refractivity contribution in [3.05, 3.63) is 16.6 Å². The standard InChI is InChI=1S/C16H24N4OS/c21-16-11-14-13(20(16)9-8-18-5-1-2-6-18)3-7-19(14)12-15-17-4-10-22-15/h4,10,13-14H,1-3,5-9,11-12H2/t13-,14+/m0/s1. The lowest BCUT2D eigenvalue weighted by atomic mass is 10.1. The predicted octanol–water partition coefficient (Wildman–Crippen LogP) is 1.41. The average Bonchev–Trinajstić information content (AvgIpc) is 3.26. The highest BCUT2D eigenvalue weighted by molar-refractivity contribution is 7.09. The van der Waals surface area contributed by atoms with Gasteiger partial charge in [-0.05, 0) is 32.4 Å². The van der Waals surface area contributed by atoms with Gasteiger partial charge in [0, 0.05) is 49.7 Å². The number of hydrogen-bond acceptors (Lipinski definition) is 5. The van der Waals surface area contributed by atoms with E-state index in [1.165, 1.54) is 30.9 Å². The van der Waals surface area contributed by atoms with Crippen molar-refractivity contribution in [2.75, 3.05) is 32.7 Å². The Balaban J connectivity index is 1.36. The first-order valence-electron chi connectivity index (χ1n) is 8.45. The van der Waals surface area contributed by atoms with Crippen LogP contribution in [0.4, 0.5) is 0 Å². The highest BCUT2D eigenvalue weighted by Gasteiger charge is 2.46. The maximum atomic E-state index is 12.4. The van der Waals surface area contributed by atoms with E-state index >= 15 is 0 Å². The largest absolute Gasteiger partial charge is 0.337 e. The second-order valence-electron chi connectivity index (χ2n) is 6.66. The Morgan fingerprint density at radius 3 is 2.82 bits per heavy atom. The number of carbonyl (C=O) groups excluding carboxylic acids is 1. The summed E-state index contributed by atoms with van der Waals surface area (Å²) < 4.78 is 0. The maximum Gasteiger partial charge on any atom is 0.224 e. The van der Waals surface area contributed by atoms with Crippen LogP contribution in [0.15, 0.2) is 11.6 Å². The number of aromatic nitrogens is 1. The van der Waals surface area contributed by atoms with Crippen LogP contribution in [0.2, 0.25) is 0 Å². The van der Waals surface area contributed by atoms with Gasteiger partial charge in [0.1, 0.15) is 5.01 Å². The molecule has 0 spiro atoms. The van der Waals surface area contributed by atoms with Gasteiger partial charge < -0.3 is 9.80 Å². The van der Waals surface area contributed by atoms with Crippen molar-refractivity contribution in [1.29, 1.82) is 0 Å². The predicted molar refractivity (Wildman–Crippen MR) is 86.7 cm³/mol. The molecule has 1 amide bonds. The van der Waals surface area contributed by atoms with Gasteiger partial charge in [0.2, 0.25) is 5.91 Å². The van der Waals surface area contributed by atoms with Gasteiger partial charge in [-0.15, -0.1) is 11.3 Å². The molecule has 3 aliphatic rings. The van der Waals surface area contributed by atoms with E-state index in [2.05, 4.69) is 19.7 Å². The number of fused-ring (bicyclic) bond motifs is 1. The fourth-order valence-corrected chi connectivity index (χ4v) is 4.90. The number of nitrogens with zero attached hydrogens (tertiary/aromatic N) is 4. The third-order valence-electron chi connectivity index (χ3n) is 5.41. The molecule has 5 nitrogen and oxygen atoms in total. The van der Waals surface area contributed by atoms with Gasteiger partial charge in [-0.3, -0.25) is 9.69 Å². The highest BCUT2D eigenvalue weighted by atomic mass is 32.1. The second-order valence-corrected chi connectivity index (χ2v) is 7.64. The molecule has 120 valence electrons. The number of likely N-dealkylation sites (tertiary alicyclic amines) is 3. The summed E-state index contributed by atoms with van der Waals surface area (Å²) in [5.74, 6) is 0.359. The minimum Gasteiger partial charge on any atom is -0.337 e. The van der Waals surface area contributed by atoms with Crippen molar-refractivity contribution in [3.8, 4) is 0 Å². The van der Waals surface area contributed by atoms with Crippen LogP contribution in [-0.2, 0) is 11.3 Å². The monoisotopic (exact) mass is 320 g/mol. The SMILES string of the molecule is O=C1C[C@@H]2[C@H](CCN2Cc2nccs2)N1CCN1CCCC1. The summed E-state index contributed by atoms with van der Waals surface area (Å²) in [6.45, 7) is 6.42. The summed E-state index contributed by atoms with van der Waals surface area (Å²) in [5, 5.41) is 3.20. The number of carbonyl (C=O) groups is 1. The molecule has 1 aromatic heterocycles. The molecule has 0 aliphatic carbocycles. The molecule has 4 heterocycles. The molecule has 22 heavy (non-hydrogen) atoms. The van der Waals surface area contributed by atoms with E-state index in [4.69, 9.17) is 0 Å². The van der Waals surface area contributed by atoms with Gasteiger partial charge in [0.15, 0.2) is 0 Å². The van der Waals surface area contributed by atoms with Crippen LogP contribution < -0.4 is 0 Å². The van der Waals surface area contributed by atoms with Crippen LogP contribution >= 0.6 is 11.3 Å². The summed E-state index contributed by atoms with van der Waals surface area (Å²) in [6, 6.07) is 0.852. The van der Waals surface area contributed by atoms with E-state index < -0.39 is 0 Å². The lowest BCUT2D eigenvalue weighted by molar-refractivity contribution is -0.129. The van der Waals surface area contributed by atoms with Crippen molar-refractivity contribution in [1.82, 2.24) is 19.7 Å². The summed E-state index contributed by atoms with van der Waals surface area (Å²) in [6.07, 6.45) is 6.34. The van der Waals surface area contributed by atoms with Crippen molar-refractivity contribution in [2.24, 2.45) is 0 Å². The lowest BCUT2D eigenvalue weighted by Crippen LogP contribution is -2.41. The van der Waals surface area contributed by atoms with E-state index in [1.807, 2.05) is 11.6 Å². The summed E-state index contributed by atoms with van der Waals surface area (Å²) >= 11 is 1.71. The molecular formula is C16H24N4OS. The molecule has 4 rings (SSSR count). The highest BCUT2D eigenvalue weighted by Crippen LogP contribution is 2.33. The first-order chi connectivity index (χ1) is 10.8. The molecular weight excluding hydrogens is 296 g/mol. The Morgan fingerprint density at radius 1 is 1.18 bits per heavy atom. The topological polar surface area (TPSA) is 39.7 Å². The first-order valence-corrected chi connectivity index (χ1v) is 9.33. The Labute approximate surface area is 135 Å². The molecule has 0 radical (unpaired) electrons. The van der Waals surface area contributed by atoms with E-state index in [9.17, 15) is 4.79 Å². The summed E-state index contributed by atoms with van der Waals surface area (Å²) in [7, 11) is 0. The first kappa shape index (κ1) is 14.6. The van der Waals surface area contributed by atoms with E-state index in [0.717, 1.165) is 32.6 Å². The van der Waals surface area contributed by atoms with Crippen molar-refractivity contribution >= 4 is 17.2 Å². The molecule has 0 N–H and O–H groups in total. The van der Waals surface area contributed by atoms with Gasteiger partial charge in [-0.2, -0.15) is 0 Å². The smallest absolute Gasteiger partial charge is 0.224 e. The van der Waals surface area contributed by atoms with Crippen LogP contribution in [0.3, 0.4) is 0 Å². The van der Waals surface area contributed by atoms with Crippen LogP contribution in [-0.4, -0.2) is 70.4 Å². The van der Waals surface area contributed by atoms with E-state index in [1.54, 1.807) is 11.3 Å². The zero-order valence-electron chi connectivity index (χ0n) is 13.0. The molecule has 2 atom stereocenters. The van der Waals surface area contributed by atoms with Gasteiger partial charge in [-0.25, -0.2) is 4.98 Å². The average molecular weight is 320 g/mol. The normalized spacial score (nSPS) is 29.6. The van der Waals surface area contributed by atoms with Crippen LogP contribution in [0, 0.1) is 0 Å². The molecule has 3 saturated heterocycles. The second kappa shape index (κ2) is 6.26. The van der Waals surface area contributed by atoms with Crippen LogP contribution in [0.5, 0.6) is 0 Å². The molecule has 1 aromatic rings. The molecule has 0 aromatic carbocycles. The zero-order chi connectivity index (χ0) is 14.9. The van der Waals surface area contributed by atoms with E-state index in [-0.39, 0.29) is 0 Å². The molecule has 3 fully saturated rings. The Hall–Kier alpha value is -0.980. The van der Waals surface area contributed by atoms with Gasteiger partial charge >= 0.3 is 0 Å². The third kappa shape index (κ3) is 2.79. The van der Waals surface area contributed by atoms with E-state index in [0.29, 0.717) is 24.4 Å². The Bertz CT molecular complexity index is 514. The van der Waals surface area contributed by atoms with Crippen molar-refractivity contribution in [2.45, 2.75) is 44.3 Å². The Kier molecular flexibility index (Phi) is 4.15. The van der Waals surface area contributed by atoms with Crippen molar-refractivity contribution < 1.29 is 4.79 Å². The molecule has 3 aliphatic heterocycles. The van der Waals surface area contributed by atoms with Gasteiger partial charge in [0.05, 0.1) is 6.54 Å². The number of thiazole rings is 1. The molecule has 0 bridgehead atoms.